The third kappa shape index (κ3) is 3.61. The van der Waals surface area contributed by atoms with Gasteiger partial charge in [-0.25, -0.2) is 4.98 Å². The maximum atomic E-state index is 5.89. The van der Waals surface area contributed by atoms with Gasteiger partial charge in [-0.1, -0.05) is 19.8 Å². The second kappa shape index (κ2) is 7.40. The third-order valence-electron chi connectivity index (χ3n) is 5.01. The van der Waals surface area contributed by atoms with Crippen LogP contribution in [0, 0.1) is 0 Å². The first-order chi connectivity index (χ1) is 10.3. The first kappa shape index (κ1) is 15.7. The number of alkyl halides is 1. The first-order valence-corrected chi connectivity index (χ1v) is 9.71. The summed E-state index contributed by atoms with van der Waals surface area (Å²) in [6.45, 7) is 7.11. The fraction of sp³-hybridized carbons (Fsp3) is 0.812. The van der Waals surface area contributed by atoms with E-state index in [-0.39, 0.29) is 0 Å². The summed E-state index contributed by atoms with van der Waals surface area (Å²) in [4.78, 5) is 10.1. The van der Waals surface area contributed by atoms with Crippen LogP contribution in [0.4, 0.5) is 0 Å². The van der Waals surface area contributed by atoms with Crippen LogP contribution in [0.15, 0.2) is 5.38 Å². The largest absolute Gasteiger partial charge is 0.298 e. The number of hydrogen-bond acceptors (Lipinski definition) is 4. The van der Waals surface area contributed by atoms with Gasteiger partial charge in [0.2, 0.25) is 0 Å². The quantitative estimate of drug-likeness (QED) is 0.765. The Kier molecular flexibility index (Phi) is 5.54. The fourth-order valence-corrected chi connectivity index (χ4v) is 5.07. The summed E-state index contributed by atoms with van der Waals surface area (Å²) in [6, 6.07) is 1.35. The Morgan fingerprint density at radius 3 is 2.57 bits per heavy atom. The van der Waals surface area contributed by atoms with Gasteiger partial charge in [-0.05, 0) is 19.3 Å². The van der Waals surface area contributed by atoms with Crippen molar-refractivity contribution in [3.05, 3.63) is 16.1 Å². The number of hydrogen-bond donors (Lipinski definition) is 0. The highest BCUT2D eigenvalue weighted by Crippen LogP contribution is 2.30. The SMILES string of the molecule is CCC(c1nc(CCl)cs1)N1CCN(C2CCCC2)CC1. The average Bonchev–Trinajstić information content (AvgIpc) is 3.20. The third-order valence-corrected chi connectivity index (χ3v) is 6.28. The second-order valence-electron chi connectivity index (χ2n) is 6.24. The summed E-state index contributed by atoms with van der Waals surface area (Å²) in [5.41, 5.74) is 1.03. The lowest BCUT2D eigenvalue weighted by Crippen LogP contribution is -2.50. The predicted molar refractivity (Wildman–Crippen MR) is 90.1 cm³/mol. The molecule has 0 N–H and O–H groups in total. The molecular formula is C16H26ClN3S. The van der Waals surface area contributed by atoms with Crippen molar-refractivity contribution in [1.29, 1.82) is 0 Å². The fourth-order valence-electron chi connectivity index (χ4n) is 3.81. The lowest BCUT2D eigenvalue weighted by Gasteiger charge is -2.40. The number of thiazole rings is 1. The molecule has 21 heavy (non-hydrogen) atoms. The molecule has 2 fully saturated rings. The van der Waals surface area contributed by atoms with E-state index in [1.807, 2.05) is 0 Å². The number of aromatic nitrogens is 1. The van der Waals surface area contributed by atoms with Crippen molar-refractivity contribution in [2.45, 2.75) is 57.0 Å². The molecule has 1 saturated heterocycles. The smallest absolute Gasteiger partial charge is 0.110 e. The molecule has 3 rings (SSSR count). The Morgan fingerprint density at radius 2 is 2.00 bits per heavy atom. The average molecular weight is 328 g/mol. The van der Waals surface area contributed by atoms with Gasteiger partial charge < -0.3 is 0 Å². The summed E-state index contributed by atoms with van der Waals surface area (Å²) >= 11 is 7.67. The Morgan fingerprint density at radius 1 is 1.29 bits per heavy atom. The van der Waals surface area contributed by atoms with E-state index >= 15 is 0 Å². The van der Waals surface area contributed by atoms with Crippen molar-refractivity contribution in [3.63, 3.8) is 0 Å². The molecule has 5 heteroatoms. The minimum atomic E-state index is 0.484. The zero-order valence-corrected chi connectivity index (χ0v) is 14.5. The van der Waals surface area contributed by atoms with Crippen molar-refractivity contribution >= 4 is 22.9 Å². The summed E-state index contributed by atoms with van der Waals surface area (Å²) in [7, 11) is 0. The molecule has 0 radical (unpaired) electrons. The standard InChI is InChI=1S/C16H26ClN3S/c1-2-15(16-18-13(11-17)12-21-16)20-9-7-19(8-10-20)14-5-3-4-6-14/h12,14-15H,2-11H2,1H3. The molecule has 0 amide bonds. The predicted octanol–water partition coefficient (Wildman–Crippen LogP) is 3.89. The summed E-state index contributed by atoms with van der Waals surface area (Å²) < 4.78 is 0. The zero-order chi connectivity index (χ0) is 14.7. The van der Waals surface area contributed by atoms with Crippen molar-refractivity contribution in [1.82, 2.24) is 14.8 Å². The molecule has 118 valence electrons. The van der Waals surface area contributed by atoms with E-state index in [0.717, 1.165) is 18.2 Å². The maximum Gasteiger partial charge on any atom is 0.110 e. The van der Waals surface area contributed by atoms with Gasteiger partial charge in [-0.2, -0.15) is 0 Å². The molecule has 1 aliphatic heterocycles. The molecule has 3 nitrogen and oxygen atoms in total. The lowest BCUT2D eigenvalue weighted by molar-refractivity contribution is 0.0685. The van der Waals surface area contributed by atoms with Crippen molar-refractivity contribution < 1.29 is 0 Å². The van der Waals surface area contributed by atoms with Crippen molar-refractivity contribution in [2.24, 2.45) is 0 Å². The summed E-state index contributed by atoms with van der Waals surface area (Å²) in [5.74, 6) is 0.530. The number of halogens is 1. The van der Waals surface area contributed by atoms with E-state index in [2.05, 4.69) is 22.1 Å². The molecule has 1 saturated carbocycles. The molecular weight excluding hydrogens is 302 g/mol. The van der Waals surface area contributed by atoms with Gasteiger partial charge >= 0.3 is 0 Å². The highest BCUT2D eigenvalue weighted by atomic mass is 35.5. The van der Waals surface area contributed by atoms with Crippen molar-refractivity contribution in [2.75, 3.05) is 26.2 Å². The van der Waals surface area contributed by atoms with E-state index in [9.17, 15) is 0 Å². The van der Waals surface area contributed by atoms with Crippen LogP contribution in [0.2, 0.25) is 0 Å². The number of piperazine rings is 1. The minimum absolute atomic E-state index is 0.484. The Balaban J connectivity index is 1.58. The van der Waals surface area contributed by atoms with Gasteiger partial charge in [0.1, 0.15) is 5.01 Å². The van der Waals surface area contributed by atoms with Crippen LogP contribution in [0.25, 0.3) is 0 Å². The van der Waals surface area contributed by atoms with Gasteiger partial charge in [0, 0.05) is 37.6 Å². The Labute approximate surface area is 137 Å². The Bertz CT molecular complexity index is 436. The van der Waals surface area contributed by atoms with Gasteiger partial charge in [0.25, 0.3) is 0 Å². The Hall–Kier alpha value is -0.160. The molecule has 2 aliphatic rings. The zero-order valence-electron chi connectivity index (χ0n) is 12.9. The second-order valence-corrected chi connectivity index (χ2v) is 7.40. The van der Waals surface area contributed by atoms with E-state index < -0.39 is 0 Å². The van der Waals surface area contributed by atoms with Gasteiger partial charge in [0.15, 0.2) is 0 Å². The summed E-state index contributed by atoms with van der Waals surface area (Å²) in [5, 5.41) is 3.36. The monoisotopic (exact) mass is 327 g/mol. The molecule has 1 aliphatic carbocycles. The van der Waals surface area contributed by atoms with Crippen LogP contribution in [0.1, 0.15) is 55.8 Å². The number of rotatable bonds is 5. The molecule has 2 heterocycles. The van der Waals surface area contributed by atoms with Crippen molar-refractivity contribution in [3.8, 4) is 0 Å². The lowest BCUT2D eigenvalue weighted by atomic mass is 10.1. The van der Waals surface area contributed by atoms with E-state index in [1.54, 1.807) is 11.3 Å². The van der Waals surface area contributed by atoms with Crippen LogP contribution in [0.3, 0.4) is 0 Å². The van der Waals surface area contributed by atoms with E-state index in [0.29, 0.717) is 11.9 Å². The highest BCUT2D eigenvalue weighted by Gasteiger charge is 2.29. The molecule has 0 bridgehead atoms. The van der Waals surface area contributed by atoms with Crippen LogP contribution in [-0.4, -0.2) is 47.0 Å². The maximum absolute atomic E-state index is 5.89. The van der Waals surface area contributed by atoms with Crippen LogP contribution in [0.5, 0.6) is 0 Å². The minimum Gasteiger partial charge on any atom is -0.298 e. The molecule has 1 atom stereocenters. The number of nitrogens with zero attached hydrogens (tertiary/aromatic N) is 3. The summed E-state index contributed by atoms with van der Waals surface area (Å²) in [6.07, 6.45) is 6.84. The normalized spacial score (nSPS) is 23.7. The first-order valence-electron chi connectivity index (χ1n) is 8.30. The molecule has 0 spiro atoms. The van der Waals surface area contributed by atoms with Gasteiger partial charge in [-0.3, -0.25) is 9.80 Å². The molecule has 1 unspecified atom stereocenters. The van der Waals surface area contributed by atoms with Crippen LogP contribution < -0.4 is 0 Å². The van der Waals surface area contributed by atoms with Crippen LogP contribution in [-0.2, 0) is 5.88 Å². The van der Waals surface area contributed by atoms with Crippen LogP contribution >= 0.6 is 22.9 Å². The topological polar surface area (TPSA) is 19.4 Å². The highest BCUT2D eigenvalue weighted by molar-refractivity contribution is 7.09. The molecule has 0 aromatic carbocycles. The van der Waals surface area contributed by atoms with E-state index in [1.165, 1.54) is 56.9 Å². The molecule has 1 aromatic rings. The molecule has 1 aromatic heterocycles. The van der Waals surface area contributed by atoms with Gasteiger partial charge in [0.05, 0.1) is 17.6 Å². The van der Waals surface area contributed by atoms with E-state index in [4.69, 9.17) is 16.6 Å². The van der Waals surface area contributed by atoms with Gasteiger partial charge in [-0.15, -0.1) is 22.9 Å².